The van der Waals surface area contributed by atoms with E-state index in [0.717, 1.165) is 8.84 Å². The van der Waals surface area contributed by atoms with E-state index in [1.807, 2.05) is 0 Å². The van der Waals surface area contributed by atoms with Crippen molar-refractivity contribution in [3.05, 3.63) is 8.84 Å². The normalized spacial score (nSPS) is 13.4. The molecular weight excluding hydrogens is 295 g/mol. The number of hydrogen-bond acceptors (Lipinski definition) is 3. The lowest BCUT2D eigenvalue weighted by Gasteiger charge is -2.36. The maximum absolute atomic E-state index is 4.44. The molecule has 0 aliphatic carbocycles. The van der Waals surface area contributed by atoms with Gasteiger partial charge in [-0.15, -0.1) is 0 Å². The summed E-state index contributed by atoms with van der Waals surface area (Å²) >= 11 is 3.67. The van der Waals surface area contributed by atoms with Crippen molar-refractivity contribution >= 4 is 34.1 Å². The zero-order valence-corrected chi connectivity index (χ0v) is 11.7. The van der Waals surface area contributed by atoms with Crippen LogP contribution in [0.2, 0.25) is 0 Å². The van der Waals surface area contributed by atoms with Crippen molar-refractivity contribution in [3.63, 3.8) is 0 Å². The molecule has 0 saturated heterocycles. The molecule has 74 valence electrons. The number of rotatable bonds is 1. The summed E-state index contributed by atoms with van der Waals surface area (Å²) in [6, 6.07) is 0. The van der Waals surface area contributed by atoms with Gasteiger partial charge >= 0.3 is 0 Å². The zero-order valence-electron chi connectivity index (χ0n) is 8.68. The van der Waals surface area contributed by atoms with Crippen molar-refractivity contribution in [2.45, 2.75) is 40.0 Å². The Balaban J connectivity index is 3.07. The molecule has 0 aliphatic heterocycles. The van der Waals surface area contributed by atoms with Crippen molar-refractivity contribution in [2.75, 3.05) is 0 Å². The van der Waals surface area contributed by atoms with Crippen LogP contribution in [-0.2, 0) is 5.41 Å². The molecule has 0 bridgehead atoms. The first kappa shape index (κ1) is 11.4. The molecule has 2 nitrogen and oxygen atoms in total. The molecule has 0 fully saturated rings. The van der Waals surface area contributed by atoms with Crippen LogP contribution in [0.5, 0.6) is 0 Å². The molecule has 0 atom stereocenters. The zero-order chi connectivity index (χ0) is 10.3. The summed E-state index contributed by atoms with van der Waals surface area (Å²) in [6.07, 6.45) is 0. The number of aromatic nitrogens is 2. The largest absolute Gasteiger partial charge is 0.214 e. The smallest absolute Gasteiger partial charge is 0.203 e. The second-order valence-corrected chi connectivity index (χ2v) is 6.46. The Morgan fingerprint density at radius 3 is 2.00 bits per heavy atom. The van der Waals surface area contributed by atoms with Crippen molar-refractivity contribution in [3.8, 4) is 0 Å². The molecule has 0 saturated carbocycles. The number of hydrogen-bond donors (Lipinski definition) is 0. The van der Waals surface area contributed by atoms with Crippen molar-refractivity contribution in [1.82, 2.24) is 9.36 Å². The Labute approximate surface area is 97.5 Å². The van der Waals surface area contributed by atoms with Gasteiger partial charge in [0.25, 0.3) is 0 Å². The third-order valence-electron chi connectivity index (χ3n) is 2.81. The van der Waals surface area contributed by atoms with E-state index in [9.17, 15) is 0 Å². The monoisotopic (exact) mass is 310 g/mol. The predicted octanol–water partition coefficient (Wildman–Crippen LogP) is 3.47. The van der Waals surface area contributed by atoms with E-state index in [4.69, 9.17) is 0 Å². The van der Waals surface area contributed by atoms with Gasteiger partial charge in [0.15, 0.2) is 0 Å². The van der Waals surface area contributed by atoms with Gasteiger partial charge in [-0.2, -0.15) is 4.37 Å². The molecule has 0 spiro atoms. The summed E-state index contributed by atoms with van der Waals surface area (Å²) < 4.78 is 5.07. The van der Waals surface area contributed by atoms with Gasteiger partial charge in [0.2, 0.25) is 3.83 Å². The third-order valence-corrected chi connectivity index (χ3v) is 4.66. The highest BCUT2D eigenvalue weighted by Crippen LogP contribution is 2.41. The Morgan fingerprint density at radius 2 is 1.69 bits per heavy atom. The lowest BCUT2D eigenvalue weighted by molar-refractivity contribution is 0.224. The van der Waals surface area contributed by atoms with Crippen LogP contribution in [-0.4, -0.2) is 9.36 Å². The van der Waals surface area contributed by atoms with E-state index in [1.54, 1.807) is 0 Å². The molecular formula is C9H15IN2S. The molecule has 0 aromatic carbocycles. The standard InChI is InChI=1S/C9H15IN2S/c1-8(2,3)9(4,5)6-11-7(10)12-13-6/h1-5H3. The first-order valence-corrected chi connectivity index (χ1v) is 6.10. The van der Waals surface area contributed by atoms with Crippen LogP contribution >= 0.6 is 34.1 Å². The lowest BCUT2D eigenvalue weighted by Crippen LogP contribution is -2.33. The summed E-state index contributed by atoms with van der Waals surface area (Å²) in [5, 5.41) is 1.13. The summed E-state index contributed by atoms with van der Waals surface area (Å²) in [5.74, 6) is 0. The van der Waals surface area contributed by atoms with Crippen LogP contribution in [0.15, 0.2) is 0 Å². The highest BCUT2D eigenvalue weighted by molar-refractivity contribution is 14.1. The van der Waals surface area contributed by atoms with E-state index in [1.165, 1.54) is 11.5 Å². The molecule has 0 N–H and O–H groups in total. The summed E-state index contributed by atoms with van der Waals surface area (Å²) in [5.41, 5.74) is 0.309. The quantitative estimate of drug-likeness (QED) is 0.742. The second-order valence-electron chi connectivity index (χ2n) is 4.74. The SMILES string of the molecule is CC(C)(C)C(C)(C)c1nc(I)ns1. The Bertz CT molecular complexity index is 299. The molecule has 0 unspecified atom stereocenters. The fraction of sp³-hybridized carbons (Fsp3) is 0.778. The first-order chi connectivity index (χ1) is 5.75. The Kier molecular flexibility index (Phi) is 3.02. The van der Waals surface area contributed by atoms with Crippen LogP contribution in [0.3, 0.4) is 0 Å². The van der Waals surface area contributed by atoms with E-state index < -0.39 is 0 Å². The van der Waals surface area contributed by atoms with Crippen molar-refractivity contribution in [1.29, 1.82) is 0 Å². The van der Waals surface area contributed by atoms with Crippen LogP contribution in [0, 0.1) is 9.25 Å². The highest BCUT2D eigenvalue weighted by atomic mass is 127. The average Bonchev–Trinajstić information content (AvgIpc) is 2.33. The van der Waals surface area contributed by atoms with Gasteiger partial charge in [0, 0.05) is 28.0 Å². The fourth-order valence-electron chi connectivity index (χ4n) is 0.780. The van der Waals surface area contributed by atoms with E-state index >= 15 is 0 Å². The topological polar surface area (TPSA) is 25.8 Å². The maximum atomic E-state index is 4.44. The van der Waals surface area contributed by atoms with Gasteiger partial charge < -0.3 is 0 Å². The van der Waals surface area contributed by atoms with Gasteiger partial charge in [-0.25, -0.2) is 4.98 Å². The Hall–Kier alpha value is 0.290. The summed E-state index contributed by atoms with van der Waals surface area (Å²) in [4.78, 5) is 4.44. The molecule has 1 rings (SSSR count). The molecule has 0 amide bonds. The minimum Gasteiger partial charge on any atom is -0.214 e. The van der Waals surface area contributed by atoms with E-state index in [2.05, 4.69) is 66.6 Å². The van der Waals surface area contributed by atoms with Gasteiger partial charge in [-0.05, 0) is 16.9 Å². The number of nitrogens with zero attached hydrogens (tertiary/aromatic N) is 2. The minimum atomic E-state index is 0.0914. The molecule has 13 heavy (non-hydrogen) atoms. The predicted molar refractivity (Wildman–Crippen MR) is 65.1 cm³/mol. The Morgan fingerprint density at radius 1 is 1.15 bits per heavy atom. The fourth-order valence-corrected chi connectivity index (χ4v) is 2.34. The number of halogens is 1. The van der Waals surface area contributed by atoms with Gasteiger partial charge in [0.05, 0.1) is 0 Å². The molecule has 0 aliphatic rings. The first-order valence-electron chi connectivity index (χ1n) is 4.25. The molecule has 0 radical (unpaired) electrons. The summed E-state index contributed by atoms with van der Waals surface area (Å²) in [7, 11) is 0. The van der Waals surface area contributed by atoms with Gasteiger partial charge in [-0.1, -0.05) is 34.6 Å². The van der Waals surface area contributed by atoms with Crippen LogP contribution in [0.25, 0.3) is 0 Å². The van der Waals surface area contributed by atoms with Crippen molar-refractivity contribution < 1.29 is 0 Å². The minimum absolute atomic E-state index is 0.0914. The molecule has 1 heterocycles. The molecule has 4 heteroatoms. The van der Waals surface area contributed by atoms with Crippen LogP contribution < -0.4 is 0 Å². The van der Waals surface area contributed by atoms with Crippen molar-refractivity contribution in [2.24, 2.45) is 5.41 Å². The highest BCUT2D eigenvalue weighted by Gasteiger charge is 2.37. The summed E-state index contributed by atoms with van der Waals surface area (Å²) in [6.45, 7) is 11.2. The third kappa shape index (κ3) is 2.21. The van der Waals surface area contributed by atoms with E-state index in [-0.39, 0.29) is 10.8 Å². The van der Waals surface area contributed by atoms with Crippen LogP contribution in [0.4, 0.5) is 0 Å². The molecule has 1 aromatic heterocycles. The second kappa shape index (κ2) is 3.46. The maximum Gasteiger partial charge on any atom is 0.203 e. The van der Waals surface area contributed by atoms with Gasteiger partial charge in [0.1, 0.15) is 5.01 Å². The molecule has 1 aromatic rings. The average molecular weight is 310 g/mol. The lowest BCUT2D eigenvalue weighted by atomic mass is 9.70. The van der Waals surface area contributed by atoms with Crippen LogP contribution in [0.1, 0.15) is 39.6 Å². The van der Waals surface area contributed by atoms with E-state index in [0.29, 0.717) is 0 Å². The van der Waals surface area contributed by atoms with Gasteiger partial charge in [-0.3, -0.25) is 0 Å².